The number of rotatable bonds is 5. The Hall–Kier alpha value is -0.870. The van der Waals surface area contributed by atoms with Crippen LogP contribution in [-0.2, 0) is 11.3 Å². The van der Waals surface area contributed by atoms with Gasteiger partial charge in [-0.1, -0.05) is 0 Å². The second kappa shape index (κ2) is 4.57. The predicted molar refractivity (Wildman–Crippen MR) is 56.1 cm³/mol. The fourth-order valence-corrected chi connectivity index (χ4v) is 1.30. The molecule has 0 aromatic carbocycles. The maximum atomic E-state index is 5.12. The molecule has 0 fully saturated rings. The summed E-state index contributed by atoms with van der Waals surface area (Å²) in [5, 5.41) is 10.3. The van der Waals surface area contributed by atoms with E-state index in [1.165, 1.54) is 5.56 Å². The van der Waals surface area contributed by atoms with Crippen molar-refractivity contribution < 1.29 is 4.74 Å². The first-order chi connectivity index (χ1) is 6.55. The van der Waals surface area contributed by atoms with Crippen LogP contribution in [0.2, 0.25) is 0 Å². The molecule has 0 aliphatic heterocycles. The van der Waals surface area contributed by atoms with Crippen LogP contribution in [0.1, 0.15) is 25.1 Å². The molecular weight excluding hydrogens is 178 g/mol. The quantitative estimate of drug-likeness (QED) is 0.746. The molecule has 1 aromatic rings. The van der Waals surface area contributed by atoms with Gasteiger partial charge in [-0.05, 0) is 20.8 Å². The summed E-state index contributed by atoms with van der Waals surface area (Å²) in [7, 11) is 1.71. The van der Waals surface area contributed by atoms with E-state index in [9.17, 15) is 0 Å². The smallest absolute Gasteiger partial charge is 0.0639 e. The van der Waals surface area contributed by atoms with Crippen LogP contribution in [0.5, 0.6) is 0 Å². The van der Waals surface area contributed by atoms with Gasteiger partial charge in [0.2, 0.25) is 0 Å². The van der Waals surface area contributed by atoms with Gasteiger partial charge in [0.15, 0.2) is 0 Å². The van der Waals surface area contributed by atoms with Gasteiger partial charge >= 0.3 is 0 Å². The molecule has 0 spiro atoms. The van der Waals surface area contributed by atoms with Crippen molar-refractivity contribution in [3.8, 4) is 0 Å². The van der Waals surface area contributed by atoms with E-state index in [4.69, 9.17) is 4.74 Å². The number of hydrogen-bond donors (Lipinski definition) is 2. The average Bonchev–Trinajstić information content (AvgIpc) is 2.48. The van der Waals surface area contributed by atoms with Gasteiger partial charge in [-0.2, -0.15) is 5.10 Å². The summed E-state index contributed by atoms with van der Waals surface area (Å²) in [6.07, 6.45) is 1.85. The molecule has 0 saturated heterocycles. The Morgan fingerprint density at radius 2 is 2.29 bits per heavy atom. The van der Waals surface area contributed by atoms with Crippen molar-refractivity contribution >= 4 is 0 Å². The molecule has 0 amide bonds. The van der Waals surface area contributed by atoms with Gasteiger partial charge in [-0.15, -0.1) is 0 Å². The van der Waals surface area contributed by atoms with E-state index in [2.05, 4.69) is 29.4 Å². The van der Waals surface area contributed by atoms with E-state index in [1.807, 2.05) is 13.1 Å². The van der Waals surface area contributed by atoms with Gasteiger partial charge < -0.3 is 10.1 Å². The molecule has 0 atom stereocenters. The first-order valence-electron chi connectivity index (χ1n) is 4.78. The summed E-state index contributed by atoms with van der Waals surface area (Å²) in [6, 6.07) is 0. The second-order valence-electron chi connectivity index (χ2n) is 4.19. The molecule has 80 valence electrons. The SMILES string of the molecule is COCC(C)(C)NCc1cn[nH]c1C. The number of H-pyrrole nitrogens is 1. The molecule has 0 bridgehead atoms. The zero-order valence-corrected chi connectivity index (χ0v) is 9.35. The molecule has 0 aliphatic carbocycles. The number of ether oxygens (including phenoxy) is 1. The van der Waals surface area contributed by atoms with Crippen LogP contribution in [0.25, 0.3) is 0 Å². The van der Waals surface area contributed by atoms with Crippen molar-refractivity contribution in [1.82, 2.24) is 15.5 Å². The lowest BCUT2D eigenvalue weighted by Crippen LogP contribution is -2.42. The average molecular weight is 197 g/mol. The number of aromatic nitrogens is 2. The number of aromatic amines is 1. The lowest BCUT2D eigenvalue weighted by molar-refractivity contribution is 0.127. The van der Waals surface area contributed by atoms with Gasteiger partial charge in [0.25, 0.3) is 0 Å². The summed E-state index contributed by atoms with van der Waals surface area (Å²) in [5.74, 6) is 0. The zero-order valence-electron chi connectivity index (χ0n) is 9.35. The highest BCUT2D eigenvalue weighted by Gasteiger charge is 2.16. The Morgan fingerprint density at radius 3 is 2.79 bits per heavy atom. The van der Waals surface area contributed by atoms with Crippen LogP contribution in [0.15, 0.2) is 6.20 Å². The van der Waals surface area contributed by atoms with E-state index in [0.717, 1.165) is 12.2 Å². The number of nitrogens with one attached hydrogen (secondary N) is 2. The first kappa shape index (κ1) is 11.2. The topological polar surface area (TPSA) is 49.9 Å². The third-order valence-corrected chi connectivity index (χ3v) is 2.20. The Labute approximate surface area is 85.0 Å². The fourth-order valence-electron chi connectivity index (χ4n) is 1.30. The second-order valence-corrected chi connectivity index (χ2v) is 4.19. The number of methoxy groups -OCH3 is 1. The highest BCUT2D eigenvalue weighted by molar-refractivity contribution is 5.14. The van der Waals surface area contributed by atoms with Crippen molar-refractivity contribution in [1.29, 1.82) is 0 Å². The predicted octanol–water partition coefficient (Wildman–Crippen LogP) is 1.23. The zero-order chi connectivity index (χ0) is 10.6. The van der Waals surface area contributed by atoms with Gasteiger partial charge in [-0.3, -0.25) is 5.10 Å². The van der Waals surface area contributed by atoms with E-state index < -0.39 is 0 Å². The van der Waals surface area contributed by atoms with Crippen molar-refractivity contribution in [2.75, 3.05) is 13.7 Å². The van der Waals surface area contributed by atoms with Crippen molar-refractivity contribution in [2.45, 2.75) is 32.9 Å². The van der Waals surface area contributed by atoms with Crippen LogP contribution in [-0.4, -0.2) is 29.5 Å². The minimum Gasteiger partial charge on any atom is -0.383 e. The molecule has 4 heteroatoms. The van der Waals surface area contributed by atoms with Crippen LogP contribution in [0.3, 0.4) is 0 Å². The Bertz CT molecular complexity index is 281. The van der Waals surface area contributed by atoms with Crippen LogP contribution >= 0.6 is 0 Å². The molecule has 1 heterocycles. The maximum absolute atomic E-state index is 5.12. The summed E-state index contributed by atoms with van der Waals surface area (Å²) >= 11 is 0. The molecule has 0 aliphatic rings. The van der Waals surface area contributed by atoms with Gasteiger partial charge in [0.1, 0.15) is 0 Å². The van der Waals surface area contributed by atoms with E-state index in [1.54, 1.807) is 7.11 Å². The van der Waals surface area contributed by atoms with Crippen molar-refractivity contribution in [3.05, 3.63) is 17.5 Å². The number of hydrogen-bond acceptors (Lipinski definition) is 3. The minimum absolute atomic E-state index is 0.00153. The largest absolute Gasteiger partial charge is 0.383 e. The maximum Gasteiger partial charge on any atom is 0.0639 e. The first-order valence-corrected chi connectivity index (χ1v) is 4.78. The normalized spacial score (nSPS) is 12.0. The fraction of sp³-hybridized carbons (Fsp3) is 0.700. The standard InChI is InChI=1S/C10H19N3O/c1-8-9(6-12-13-8)5-11-10(2,3)7-14-4/h6,11H,5,7H2,1-4H3,(H,12,13). The molecular formula is C10H19N3O. The third-order valence-electron chi connectivity index (χ3n) is 2.20. The highest BCUT2D eigenvalue weighted by Crippen LogP contribution is 2.07. The number of aryl methyl sites for hydroxylation is 1. The summed E-state index contributed by atoms with van der Waals surface area (Å²) < 4.78 is 5.12. The molecule has 0 unspecified atom stereocenters. The summed E-state index contributed by atoms with van der Waals surface area (Å²) in [6.45, 7) is 7.77. The molecule has 0 saturated carbocycles. The minimum atomic E-state index is -0.00153. The lowest BCUT2D eigenvalue weighted by atomic mass is 10.1. The Balaban J connectivity index is 2.44. The Morgan fingerprint density at radius 1 is 1.57 bits per heavy atom. The molecule has 2 N–H and O–H groups in total. The van der Waals surface area contributed by atoms with Gasteiger partial charge in [0.05, 0.1) is 12.8 Å². The van der Waals surface area contributed by atoms with Gasteiger partial charge in [-0.25, -0.2) is 0 Å². The van der Waals surface area contributed by atoms with E-state index in [-0.39, 0.29) is 5.54 Å². The van der Waals surface area contributed by atoms with Gasteiger partial charge in [0, 0.05) is 30.5 Å². The summed E-state index contributed by atoms with van der Waals surface area (Å²) in [4.78, 5) is 0. The molecule has 1 aromatic heterocycles. The number of nitrogens with zero attached hydrogens (tertiary/aromatic N) is 1. The molecule has 4 nitrogen and oxygen atoms in total. The van der Waals surface area contributed by atoms with Crippen molar-refractivity contribution in [2.24, 2.45) is 0 Å². The lowest BCUT2D eigenvalue weighted by Gasteiger charge is -2.25. The van der Waals surface area contributed by atoms with E-state index >= 15 is 0 Å². The summed E-state index contributed by atoms with van der Waals surface area (Å²) in [5.41, 5.74) is 2.32. The molecule has 1 rings (SSSR count). The third kappa shape index (κ3) is 3.12. The van der Waals surface area contributed by atoms with Crippen LogP contribution in [0.4, 0.5) is 0 Å². The Kier molecular flexibility index (Phi) is 3.66. The van der Waals surface area contributed by atoms with E-state index in [0.29, 0.717) is 6.61 Å². The van der Waals surface area contributed by atoms with Crippen molar-refractivity contribution in [3.63, 3.8) is 0 Å². The van der Waals surface area contributed by atoms with Crippen LogP contribution in [0, 0.1) is 6.92 Å². The monoisotopic (exact) mass is 197 g/mol. The highest BCUT2D eigenvalue weighted by atomic mass is 16.5. The van der Waals surface area contributed by atoms with Crippen LogP contribution < -0.4 is 5.32 Å². The molecule has 14 heavy (non-hydrogen) atoms. The molecule has 0 radical (unpaired) electrons.